The molecule has 1 aromatic carbocycles. The standard InChI is InChI=1S/C15H22N2O5/c1-11-7-16(8-12(2)22-11)9-13(18)10-21-15-6-4-3-5-14(15)17(19)20/h3-6,11-13,18H,7-10H2,1-2H3/t11-,12-,13-/m1/s1. The first kappa shape index (κ1) is 16.7. The van der Waals surface area contributed by atoms with E-state index in [1.165, 1.54) is 12.1 Å². The van der Waals surface area contributed by atoms with E-state index in [1.807, 2.05) is 13.8 Å². The van der Waals surface area contributed by atoms with Crippen molar-refractivity contribution in [2.45, 2.75) is 32.2 Å². The van der Waals surface area contributed by atoms with Crippen molar-refractivity contribution in [3.63, 3.8) is 0 Å². The van der Waals surface area contributed by atoms with Gasteiger partial charge in [-0.25, -0.2) is 0 Å². The van der Waals surface area contributed by atoms with Crippen molar-refractivity contribution < 1.29 is 19.5 Å². The lowest BCUT2D eigenvalue weighted by atomic mass is 10.2. The zero-order valence-corrected chi connectivity index (χ0v) is 12.8. The van der Waals surface area contributed by atoms with Gasteiger partial charge in [-0.15, -0.1) is 0 Å². The number of para-hydroxylation sites is 2. The molecule has 2 rings (SSSR count). The van der Waals surface area contributed by atoms with E-state index in [9.17, 15) is 15.2 Å². The van der Waals surface area contributed by atoms with Crippen molar-refractivity contribution >= 4 is 5.69 Å². The predicted molar refractivity (Wildman–Crippen MR) is 81.0 cm³/mol. The van der Waals surface area contributed by atoms with Gasteiger partial charge in [0.15, 0.2) is 5.75 Å². The number of aliphatic hydroxyl groups excluding tert-OH is 1. The van der Waals surface area contributed by atoms with Crippen LogP contribution in [0.5, 0.6) is 5.75 Å². The lowest BCUT2D eigenvalue weighted by Gasteiger charge is -2.36. The number of β-amino-alcohol motifs (C(OH)–C–C–N with tert-alkyl or cyclic N) is 1. The minimum Gasteiger partial charge on any atom is -0.484 e. The highest BCUT2D eigenvalue weighted by atomic mass is 16.6. The van der Waals surface area contributed by atoms with Crippen molar-refractivity contribution in [3.8, 4) is 5.75 Å². The third-order valence-electron chi connectivity index (χ3n) is 3.46. The van der Waals surface area contributed by atoms with E-state index in [2.05, 4.69) is 4.90 Å². The van der Waals surface area contributed by atoms with Crippen LogP contribution in [0.25, 0.3) is 0 Å². The van der Waals surface area contributed by atoms with Gasteiger partial charge in [-0.2, -0.15) is 0 Å². The summed E-state index contributed by atoms with van der Waals surface area (Å²) in [7, 11) is 0. The van der Waals surface area contributed by atoms with Gasteiger partial charge >= 0.3 is 5.69 Å². The molecule has 0 radical (unpaired) electrons. The molecule has 1 saturated heterocycles. The van der Waals surface area contributed by atoms with E-state index >= 15 is 0 Å². The molecule has 122 valence electrons. The summed E-state index contributed by atoms with van der Waals surface area (Å²) in [6.07, 6.45) is -0.448. The van der Waals surface area contributed by atoms with Crippen LogP contribution in [-0.4, -0.2) is 59.5 Å². The molecule has 3 atom stereocenters. The largest absolute Gasteiger partial charge is 0.484 e. The summed E-state index contributed by atoms with van der Waals surface area (Å²) in [5, 5.41) is 21.0. The van der Waals surface area contributed by atoms with Crippen LogP contribution in [-0.2, 0) is 4.74 Å². The van der Waals surface area contributed by atoms with E-state index < -0.39 is 11.0 Å². The SMILES string of the molecule is C[C@@H]1CN(C[C@@H](O)COc2ccccc2[N+](=O)[O-])C[C@@H](C)O1. The van der Waals surface area contributed by atoms with Gasteiger partial charge in [-0.3, -0.25) is 15.0 Å². The van der Waals surface area contributed by atoms with Crippen molar-refractivity contribution in [2.24, 2.45) is 0 Å². The summed E-state index contributed by atoms with van der Waals surface area (Å²) >= 11 is 0. The second kappa shape index (κ2) is 7.53. The highest BCUT2D eigenvalue weighted by molar-refractivity contribution is 5.45. The van der Waals surface area contributed by atoms with Crippen LogP contribution in [0.1, 0.15) is 13.8 Å². The fourth-order valence-electron chi connectivity index (χ4n) is 2.70. The first-order valence-corrected chi connectivity index (χ1v) is 7.37. The summed E-state index contributed by atoms with van der Waals surface area (Å²) in [5.41, 5.74) is -0.0942. The van der Waals surface area contributed by atoms with Gasteiger partial charge in [-0.1, -0.05) is 12.1 Å². The number of morpholine rings is 1. The number of ether oxygens (including phenoxy) is 2. The maximum atomic E-state index is 10.9. The molecule has 1 N–H and O–H groups in total. The number of nitro groups is 1. The Morgan fingerprint density at radius 1 is 1.41 bits per heavy atom. The highest BCUT2D eigenvalue weighted by Crippen LogP contribution is 2.25. The molecule has 0 aliphatic carbocycles. The molecule has 7 nitrogen and oxygen atoms in total. The normalized spacial score (nSPS) is 24.0. The van der Waals surface area contributed by atoms with Crippen LogP contribution in [0.15, 0.2) is 24.3 Å². The predicted octanol–water partition coefficient (Wildman–Crippen LogP) is 1.44. The van der Waals surface area contributed by atoms with Gasteiger partial charge in [0.2, 0.25) is 0 Å². The topological polar surface area (TPSA) is 85.1 Å². The summed E-state index contributed by atoms with van der Waals surface area (Å²) in [6, 6.07) is 6.16. The average Bonchev–Trinajstić information content (AvgIpc) is 2.44. The Labute approximate surface area is 129 Å². The molecular weight excluding hydrogens is 288 g/mol. The van der Waals surface area contributed by atoms with Crippen LogP contribution in [0.4, 0.5) is 5.69 Å². The molecule has 22 heavy (non-hydrogen) atoms. The number of nitro benzene ring substituents is 1. The van der Waals surface area contributed by atoms with E-state index in [4.69, 9.17) is 9.47 Å². The van der Waals surface area contributed by atoms with Gasteiger partial charge < -0.3 is 14.6 Å². The second-order valence-electron chi connectivity index (χ2n) is 5.67. The monoisotopic (exact) mass is 310 g/mol. The zero-order valence-electron chi connectivity index (χ0n) is 12.8. The fraction of sp³-hybridized carbons (Fsp3) is 0.600. The minimum absolute atomic E-state index is 0.0188. The third kappa shape index (κ3) is 4.66. The van der Waals surface area contributed by atoms with Crippen LogP contribution in [0.2, 0.25) is 0 Å². The number of hydrogen-bond donors (Lipinski definition) is 1. The van der Waals surface area contributed by atoms with Crippen molar-refractivity contribution in [2.75, 3.05) is 26.2 Å². The van der Waals surface area contributed by atoms with E-state index in [0.717, 1.165) is 13.1 Å². The van der Waals surface area contributed by atoms with Crippen LogP contribution >= 0.6 is 0 Å². The molecule has 0 spiro atoms. The van der Waals surface area contributed by atoms with Gasteiger partial charge in [0.05, 0.1) is 17.1 Å². The molecule has 1 aromatic rings. The zero-order chi connectivity index (χ0) is 16.1. The maximum absolute atomic E-state index is 10.9. The average molecular weight is 310 g/mol. The molecule has 1 fully saturated rings. The van der Waals surface area contributed by atoms with E-state index in [-0.39, 0.29) is 30.3 Å². The summed E-state index contributed by atoms with van der Waals surface area (Å²) in [6.45, 7) is 5.99. The Morgan fingerprint density at radius 3 is 2.68 bits per heavy atom. The smallest absolute Gasteiger partial charge is 0.310 e. The van der Waals surface area contributed by atoms with Crippen LogP contribution in [0, 0.1) is 10.1 Å². The van der Waals surface area contributed by atoms with E-state index in [1.54, 1.807) is 12.1 Å². The number of hydrogen-bond acceptors (Lipinski definition) is 6. The summed E-state index contributed by atoms with van der Waals surface area (Å²) in [4.78, 5) is 12.5. The van der Waals surface area contributed by atoms with Gasteiger partial charge in [0, 0.05) is 25.7 Å². The van der Waals surface area contributed by atoms with Gasteiger partial charge in [0.25, 0.3) is 0 Å². The molecule has 7 heteroatoms. The molecule has 1 heterocycles. The first-order valence-electron chi connectivity index (χ1n) is 7.37. The fourth-order valence-corrected chi connectivity index (χ4v) is 2.70. The molecule has 1 aliphatic rings. The highest BCUT2D eigenvalue weighted by Gasteiger charge is 2.24. The Morgan fingerprint density at radius 2 is 2.05 bits per heavy atom. The van der Waals surface area contributed by atoms with Crippen LogP contribution in [0.3, 0.4) is 0 Å². The Balaban J connectivity index is 1.85. The maximum Gasteiger partial charge on any atom is 0.310 e. The summed E-state index contributed by atoms with van der Waals surface area (Å²) in [5.74, 6) is 0.176. The molecule has 0 bridgehead atoms. The Hall–Kier alpha value is -1.70. The summed E-state index contributed by atoms with van der Waals surface area (Å²) < 4.78 is 11.0. The van der Waals surface area contributed by atoms with Crippen molar-refractivity contribution in [1.29, 1.82) is 0 Å². The third-order valence-corrected chi connectivity index (χ3v) is 3.46. The van der Waals surface area contributed by atoms with Gasteiger partial charge in [-0.05, 0) is 19.9 Å². The number of benzene rings is 1. The molecule has 0 amide bonds. The van der Waals surface area contributed by atoms with E-state index in [0.29, 0.717) is 6.54 Å². The van der Waals surface area contributed by atoms with Crippen LogP contribution < -0.4 is 4.74 Å². The second-order valence-corrected chi connectivity index (χ2v) is 5.67. The number of nitrogens with zero attached hydrogens (tertiary/aromatic N) is 2. The number of rotatable bonds is 6. The quantitative estimate of drug-likeness (QED) is 0.632. The molecule has 0 unspecified atom stereocenters. The molecule has 0 aromatic heterocycles. The molecular formula is C15H22N2O5. The molecule has 1 aliphatic heterocycles. The lowest BCUT2D eigenvalue weighted by molar-refractivity contribution is -0.385. The minimum atomic E-state index is -0.711. The Kier molecular flexibility index (Phi) is 5.70. The first-order chi connectivity index (χ1) is 10.5. The lowest BCUT2D eigenvalue weighted by Crippen LogP contribution is -2.48. The van der Waals surface area contributed by atoms with Gasteiger partial charge in [0.1, 0.15) is 12.7 Å². The van der Waals surface area contributed by atoms with Crippen molar-refractivity contribution in [3.05, 3.63) is 34.4 Å². The number of aliphatic hydroxyl groups is 1. The Bertz CT molecular complexity index is 500. The van der Waals surface area contributed by atoms with Crippen molar-refractivity contribution in [1.82, 2.24) is 4.90 Å². The molecule has 0 saturated carbocycles.